The molecule has 0 saturated carbocycles. The highest BCUT2D eigenvalue weighted by Gasteiger charge is 2.12. The first-order chi connectivity index (χ1) is 10.6. The van der Waals surface area contributed by atoms with E-state index in [1.807, 2.05) is 18.2 Å². The molecule has 3 rings (SSSR count). The number of hydrogen-bond donors (Lipinski definition) is 1. The van der Waals surface area contributed by atoms with Crippen LogP contribution in [0.5, 0.6) is 0 Å². The minimum absolute atomic E-state index is 0.142. The van der Waals surface area contributed by atoms with Gasteiger partial charge >= 0.3 is 0 Å². The van der Waals surface area contributed by atoms with Gasteiger partial charge in [0.2, 0.25) is 0 Å². The van der Waals surface area contributed by atoms with E-state index in [1.165, 1.54) is 10.1 Å². The molecule has 0 aliphatic heterocycles. The van der Waals surface area contributed by atoms with Gasteiger partial charge in [0.25, 0.3) is 5.91 Å². The van der Waals surface area contributed by atoms with Crippen molar-refractivity contribution in [3.8, 4) is 0 Å². The molecule has 0 bridgehead atoms. The number of halogens is 2. The van der Waals surface area contributed by atoms with Gasteiger partial charge in [-0.2, -0.15) is 0 Å². The van der Waals surface area contributed by atoms with E-state index in [-0.39, 0.29) is 5.56 Å². The molecule has 0 aliphatic rings. The zero-order valence-corrected chi connectivity index (χ0v) is 12.4. The summed E-state index contributed by atoms with van der Waals surface area (Å²) < 4.78 is 27.5. The van der Waals surface area contributed by atoms with Crippen LogP contribution in [0.1, 0.15) is 15.9 Å². The van der Waals surface area contributed by atoms with Gasteiger partial charge in [0.15, 0.2) is 0 Å². The van der Waals surface area contributed by atoms with Crippen LogP contribution in [0.3, 0.4) is 0 Å². The minimum Gasteiger partial charge on any atom is -0.352 e. The molecule has 2 nitrogen and oxygen atoms in total. The van der Waals surface area contributed by atoms with Crippen molar-refractivity contribution >= 4 is 27.3 Å². The molecule has 1 heterocycles. The number of fused-ring (bicyclic) bond motifs is 1. The molecule has 0 fully saturated rings. The van der Waals surface area contributed by atoms with Crippen LogP contribution in [0.15, 0.2) is 47.8 Å². The summed E-state index contributed by atoms with van der Waals surface area (Å²) >= 11 is 1.66. The van der Waals surface area contributed by atoms with E-state index in [2.05, 4.69) is 16.8 Å². The van der Waals surface area contributed by atoms with Crippen molar-refractivity contribution in [1.29, 1.82) is 0 Å². The number of hydrogen-bond acceptors (Lipinski definition) is 2. The topological polar surface area (TPSA) is 29.1 Å². The van der Waals surface area contributed by atoms with Gasteiger partial charge in [-0.15, -0.1) is 11.3 Å². The Morgan fingerprint density at radius 1 is 1.14 bits per heavy atom. The third kappa shape index (κ3) is 2.99. The Kier molecular flexibility index (Phi) is 4.15. The zero-order chi connectivity index (χ0) is 15.5. The number of carbonyl (C=O) groups excluding carboxylic acids is 1. The molecule has 1 amide bonds. The Labute approximate surface area is 130 Å². The number of carbonyl (C=O) groups is 1. The van der Waals surface area contributed by atoms with Crippen molar-refractivity contribution in [2.24, 2.45) is 0 Å². The van der Waals surface area contributed by atoms with Crippen molar-refractivity contribution in [3.63, 3.8) is 0 Å². The molecule has 1 N–H and O–H groups in total. The van der Waals surface area contributed by atoms with Crippen molar-refractivity contribution in [2.75, 3.05) is 6.54 Å². The number of thiophene rings is 1. The van der Waals surface area contributed by atoms with Gasteiger partial charge in [-0.3, -0.25) is 4.79 Å². The first-order valence-electron chi connectivity index (χ1n) is 6.83. The van der Waals surface area contributed by atoms with Crippen molar-refractivity contribution in [3.05, 3.63) is 70.6 Å². The predicted molar refractivity (Wildman–Crippen MR) is 84.2 cm³/mol. The molecule has 22 heavy (non-hydrogen) atoms. The summed E-state index contributed by atoms with van der Waals surface area (Å²) in [5.74, 6) is -2.07. The summed E-state index contributed by atoms with van der Waals surface area (Å²) in [5, 5.41) is 5.91. The van der Waals surface area contributed by atoms with E-state index < -0.39 is 17.5 Å². The third-order valence-corrected chi connectivity index (χ3v) is 4.43. The van der Waals surface area contributed by atoms with Gasteiger partial charge in [-0.1, -0.05) is 18.2 Å². The molecule has 0 aliphatic carbocycles. The second-order valence-electron chi connectivity index (χ2n) is 4.89. The average Bonchev–Trinajstić information content (AvgIpc) is 2.90. The Morgan fingerprint density at radius 2 is 1.95 bits per heavy atom. The molecule has 1 aromatic heterocycles. The van der Waals surface area contributed by atoms with Crippen LogP contribution in [0.2, 0.25) is 0 Å². The Morgan fingerprint density at radius 3 is 2.77 bits per heavy atom. The highest BCUT2D eigenvalue weighted by atomic mass is 32.1. The molecule has 0 unspecified atom stereocenters. The molecule has 0 radical (unpaired) electrons. The number of nitrogens with one attached hydrogen (secondary N) is 1. The standard InChI is InChI=1S/C17H13F2NOS/c18-12-5-6-14(15(19)9-12)17(21)20-8-7-11-10-22-16-4-2-1-3-13(11)16/h1-6,9-10H,7-8H2,(H,20,21). The van der Waals surface area contributed by atoms with E-state index in [0.717, 1.165) is 17.7 Å². The third-order valence-electron chi connectivity index (χ3n) is 3.42. The SMILES string of the molecule is O=C(NCCc1csc2ccccc12)c1ccc(F)cc1F. The summed E-state index contributed by atoms with van der Waals surface area (Å²) in [4.78, 5) is 11.9. The summed E-state index contributed by atoms with van der Waals surface area (Å²) in [5.41, 5.74) is 1.01. The fourth-order valence-corrected chi connectivity index (χ4v) is 3.30. The van der Waals surface area contributed by atoms with Crippen LogP contribution >= 0.6 is 11.3 Å². The maximum absolute atomic E-state index is 13.5. The second kappa shape index (κ2) is 6.23. The molecule has 0 saturated heterocycles. The van der Waals surface area contributed by atoms with E-state index >= 15 is 0 Å². The van der Waals surface area contributed by atoms with Gasteiger partial charge in [0.05, 0.1) is 5.56 Å². The fraction of sp³-hybridized carbons (Fsp3) is 0.118. The Balaban J connectivity index is 1.64. The first-order valence-corrected chi connectivity index (χ1v) is 7.71. The second-order valence-corrected chi connectivity index (χ2v) is 5.80. The molecule has 0 atom stereocenters. The lowest BCUT2D eigenvalue weighted by molar-refractivity contribution is 0.0950. The van der Waals surface area contributed by atoms with E-state index in [0.29, 0.717) is 19.0 Å². The highest BCUT2D eigenvalue weighted by molar-refractivity contribution is 7.17. The largest absolute Gasteiger partial charge is 0.352 e. The summed E-state index contributed by atoms with van der Waals surface area (Å²) in [6, 6.07) is 11.0. The summed E-state index contributed by atoms with van der Waals surface area (Å²) in [6.07, 6.45) is 0.665. The number of rotatable bonds is 4. The monoisotopic (exact) mass is 317 g/mol. The first kappa shape index (κ1) is 14.7. The highest BCUT2D eigenvalue weighted by Crippen LogP contribution is 2.25. The van der Waals surface area contributed by atoms with Crippen LogP contribution < -0.4 is 5.32 Å². The quantitative estimate of drug-likeness (QED) is 0.769. The van der Waals surface area contributed by atoms with Crippen LogP contribution in [-0.4, -0.2) is 12.5 Å². The summed E-state index contributed by atoms with van der Waals surface area (Å²) in [6.45, 7) is 0.399. The molecular weight excluding hydrogens is 304 g/mol. The molecule has 5 heteroatoms. The van der Waals surface area contributed by atoms with Crippen LogP contribution in [0, 0.1) is 11.6 Å². The summed E-state index contributed by atoms with van der Waals surface area (Å²) in [7, 11) is 0. The van der Waals surface area contributed by atoms with E-state index in [4.69, 9.17) is 0 Å². The van der Waals surface area contributed by atoms with Gasteiger partial charge in [-0.05, 0) is 40.9 Å². The maximum atomic E-state index is 13.5. The lowest BCUT2D eigenvalue weighted by Gasteiger charge is -2.06. The van der Waals surface area contributed by atoms with Crippen molar-refractivity contribution in [1.82, 2.24) is 5.32 Å². The number of benzene rings is 2. The molecular formula is C17H13F2NOS. The van der Waals surface area contributed by atoms with Gasteiger partial charge in [0, 0.05) is 17.3 Å². The van der Waals surface area contributed by atoms with Gasteiger partial charge < -0.3 is 5.32 Å². The zero-order valence-electron chi connectivity index (χ0n) is 11.6. The Bertz CT molecular complexity index is 828. The maximum Gasteiger partial charge on any atom is 0.254 e. The van der Waals surface area contributed by atoms with Crippen molar-refractivity contribution < 1.29 is 13.6 Å². The van der Waals surface area contributed by atoms with E-state index in [1.54, 1.807) is 11.3 Å². The average molecular weight is 317 g/mol. The van der Waals surface area contributed by atoms with Gasteiger partial charge in [-0.25, -0.2) is 8.78 Å². The smallest absolute Gasteiger partial charge is 0.254 e. The molecule has 3 aromatic rings. The predicted octanol–water partition coefficient (Wildman–Crippen LogP) is 4.15. The van der Waals surface area contributed by atoms with Crippen LogP contribution in [0.25, 0.3) is 10.1 Å². The lowest BCUT2D eigenvalue weighted by atomic mass is 10.1. The molecule has 2 aromatic carbocycles. The number of amides is 1. The van der Waals surface area contributed by atoms with Crippen molar-refractivity contribution in [2.45, 2.75) is 6.42 Å². The van der Waals surface area contributed by atoms with E-state index in [9.17, 15) is 13.6 Å². The lowest BCUT2D eigenvalue weighted by Crippen LogP contribution is -2.26. The molecule has 0 spiro atoms. The fourth-order valence-electron chi connectivity index (χ4n) is 2.31. The van der Waals surface area contributed by atoms with Crippen LogP contribution in [-0.2, 0) is 6.42 Å². The van der Waals surface area contributed by atoms with Crippen LogP contribution in [0.4, 0.5) is 8.78 Å². The minimum atomic E-state index is -0.849. The molecule has 112 valence electrons. The van der Waals surface area contributed by atoms with Gasteiger partial charge in [0.1, 0.15) is 11.6 Å². The normalized spacial score (nSPS) is 10.8. The Hall–Kier alpha value is -2.27.